The zero-order chi connectivity index (χ0) is 10.3. The Hall–Kier alpha value is -1.28. The number of rotatable bonds is 1. The van der Waals surface area contributed by atoms with Crippen molar-refractivity contribution in [3.8, 4) is 0 Å². The van der Waals surface area contributed by atoms with E-state index in [9.17, 15) is 0 Å². The minimum Gasteiger partial charge on any atom is -0.344 e. The van der Waals surface area contributed by atoms with E-state index in [1.54, 1.807) is 0 Å². The first-order chi connectivity index (χ1) is 7.42. The van der Waals surface area contributed by atoms with Crippen molar-refractivity contribution in [2.45, 2.75) is 26.4 Å². The predicted octanol–water partition coefficient (Wildman–Crippen LogP) is 2.32. The average molecular weight is 199 g/mol. The number of para-hydroxylation sites is 1. The number of hydrogen-bond donors (Lipinski definition) is 0. The molecule has 0 unspecified atom stereocenters. The Morgan fingerprint density at radius 1 is 1.33 bits per heavy atom. The first kappa shape index (κ1) is 8.98. The molecule has 2 nitrogen and oxygen atoms in total. The van der Waals surface area contributed by atoms with Crippen molar-refractivity contribution in [3.63, 3.8) is 0 Å². The van der Waals surface area contributed by atoms with E-state index in [4.69, 9.17) is 0 Å². The van der Waals surface area contributed by atoms with E-state index in [-0.39, 0.29) is 0 Å². The fraction of sp³-hybridized carbons (Fsp3) is 0.385. The third-order valence-corrected chi connectivity index (χ3v) is 3.29. The summed E-state index contributed by atoms with van der Waals surface area (Å²) >= 11 is 0. The van der Waals surface area contributed by atoms with Crippen LogP contribution in [0.1, 0.15) is 18.2 Å². The molecule has 77 valence electrons. The van der Waals surface area contributed by atoms with Crippen molar-refractivity contribution < 1.29 is 0 Å². The standard InChI is InChI=1S/C13H15N2/c1-2-15-12-6-4-3-5-10(12)11-9-14-8-7-13(11)15/h3-6H,2,7-9H2,1H3. The van der Waals surface area contributed by atoms with E-state index in [1.807, 2.05) is 0 Å². The Balaban J connectivity index is 2.37. The highest BCUT2D eigenvalue weighted by molar-refractivity contribution is 5.85. The van der Waals surface area contributed by atoms with E-state index in [2.05, 4.69) is 41.1 Å². The first-order valence-corrected chi connectivity index (χ1v) is 5.64. The molecule has 0 fully saturated rings. The van der Waals surface area contributed by atoms with Gasteiger partial charge in [-0.25, -0.2) is 5.32 Å². The number of fused-ring (bicyclic) bond motifs is 3. The summed E-state index contributed by atoms with van der Waals surface area (Å²) in [4.78, 5) is 0. The van der Waals surface area contributed by atoms with Gasteiger partial charge in [-0.2, -0.15) is 0 Å². The smallest absolute Gasteiger partial charge is 0.0485 e. The first-order valence-electron chi connectivity index (χ1n) is 5.64. The van der Waals surface area contributed by atoms with Gasteiger partial charge in [0.05, 0.1) is 0 Å². The minimum absolute atomic E-state index is 0.906. The van der Waals surface area contributed by atoms with Crippen molar-refractivity contribution in [1.29, 1.82) is 0 Å². The zero-order valence-corrected chi connectivity index (χ0v) is 9.03. The van der Waals surface area contributed by atoms with Crippen molar-refractivity contribution in [2.75, 3.05) is 6.54 Å². The molecule has 1 aromatic heterocycles. The molecular formula is C13H15N2. The van der Waals surface area contributed by atoms with Gasteiger partial charge in [0.1, 0.15) is 0 Å². The number of nitrogens with zero attached hydrogens (tertiary/aromatic N) is 2. The summed E-state index contributed by atoms with van der Waals surface area (Å²) in [5.41, 5.74) is 4.34. The van der Waals surface area contributed by atoms with Crippen LogP contribution in [0.25, 0.3) is 10.9 Å². The van der Waals surface area contributed by atoms with Crippen LogP contribution in [0.5, 0.6) is 0 Å². The third kappa shape index (κ3) is 1.21. The summed E-state index contributed by atoms with van der Waals surface area (Å²) in [7, 11) is 0. The van der Waals surface area contributed by atoms with Gasteiger partial charge in [-0.15, -0.1) is 0 Å². The number of aryl methyl sites for hydroxylation is 1. The number of aromatic nitrogens is 1. The van der Waals surface area contributed by atoms with Crippen LogP contribution in [0.3, 0.4) is 0 Å². The van der Waals surface area contributed by atoms with Crippen LogP contribution >= 0.6 is 0 Å². The van der Waals surface area contributed by atoms with Gasteiger partial charge in [-0.3, -0.25) is 0 Å². The van der Waals surface area contributed by atoms with Crippen molar-refractivity contribution in [2.24, 2.45) is 0 Å². The van der Waals surface area contributed by atoms with E-state index < -0.39 is 0 Å². The van der Waals surface area contributed by atoms with Gasteiger partial charge in [0.2, 0.25) is 0 Å². The summed E-state index contributed by atoms with van der Waals surface area (Å²) in [6, 6.07) is 8.69. The van der Waals surface area contributed by atoms with Crippen LogP contribution in [-0.2, 0) is 19.5 Å². The average Bonchev–Trinajstić information content (AvgIpc) is 2.63. The molecule has 0 bridgehead atoms. The molecule has 0 aliphatic carbocycles. The Kier molecular flexibility index (Phi) is 2.03. The van der Waals surface area contributed by atoms with E-state index in [0.29, 0.717) is 0 Å². The normalized spacial score (nSPS) is 15.5. The predicted molar refractivity (Wildman–Crippen MR) is 62.0 cm³/mol. The quantitative estimate of drug-likeness (QED) is 0.671. The lowest BCUT2D eigenvalue weighted by Crippen LogP contribution is -2.19. The van der Waals surface area contributed by atoms with Crippen LogP contribution in [0.4, 0.5) is 0 Å². The molecule has 2 heterocycles. The van der Waals surface area contributed by atoms with Crippen LogP contribution in [0.15, 0.2) is 24.3 Å². The summed E-state index contributed by atoms with van der Waals surface area (Å²) in [6.07, 6.45) is 1.11. The van der Waals surface area contributed by atoms with Gasteiger partial charge in [-0.05, 0) is 18.6 Å². The molecule has 1 aliphatic heterocycles. The summed E-state index contributed by atoms with van der Waals surface area (Å²) < 4.78 is 2.44. The number of hydrogen-bond acceptors (Lipinski definition) is 0. The Bertz CT molecular complexity index is 463. The number of benzene rings is 1. The van der Waals surface area contributed by atoms with Crippen LogP contribution in [0, 0.1) is 0 Å². The lowest BCUT2D eigenvalue weighted by molar-refractivity contribution is 0.596. The van der Waals surface area contributed by atoms with E-state index in [0.717, 1.165) is 26.1 Å². The van der Waals surface area contributed by atoms with Crippen molar-refractivity contribution in [1.82, 2.24) is 9.88 Å². The molecule has 1 aliphatic rings. The fourth-order valence-electron chi connectivity index (χ4n) is 2.63. The Morgan fingerprint density at radius 2 is 2.20 bits per heavy atom. The second kappa shape index (κ2) is 3.38. The molecule has 2 heteroatoms. The lowest BCUT2D eigenvalue weighted by Gasteiger charge is -2.14. The van der Waals surface area contributed by atoms with Gasteiger partial charge in [0.15, 0.2) is 0 Å². The minimum atomic E-state index is 0.906. The fourth-order valence-corrected chi connectivity index (χ4v) is 2.63. The third-order valence-electron chi connectivity index (χ3n) is 3.29. The molecule has 0 amide bonds. The van der Waals surface area contributed by atoms with Crippen molar-refractivity contribution >= 4 is 10.9 Å². The monoisotopic (exact) mass is 199 g/mol. The molecule has 15 heavy (non-hydrogen) atoms. The maximum Gasteiger partial charge on any atom is 0.0485 e. The van der Waals surface area contributed by atoms with Crippen LogP contribution in [0.2, 0.25) is 0 Å². The molecular weight excluding hydrogens is 184 g/mol. The van der Waals surface area contributed by atoms with Gasteiger partial charge in [-0.1, -0.05) is 18.2 Å². The zero-order valence-electron chi connectivity index (χ0n) is 9.03. The molecule has 0 atom stereocenters. The lowest BCUT2D eigenvalue weighted by atomic mass is 10.1. The Labute approximate surface area is 89.9 Å². The van der Waals surface area contributed by atoms with Gasteiger partial charge in [0, 0.05) is 42.7 Å². The van der Waals surface area contributed by atoms with E-state index in [1.165, 1.54) is 22.2 Å². The molecule has 1 aromatic carbocycles. The van der Waals surface area contributed by atoms with E-state index >= 15 is 0 Å². The molecule has 0 saturated carbocycles. The Morgan fingerprint density at radius 3 is 3.07 bits per heavy atom. The molecule has 0 saturated heterocycles. The highest BCUT2D eigenvalue weighted by Crippen LogP contribution is 2.28. The summed E-state index contributed by atoms with van der Waals surface area (Å²) in [5.74, 6) is 0. The molecule has 1 radical (unpaired) electrons. The van der Waals surface area contributed by atoms with Crippen LogP contribution in [-0.4, -0.2) is 11.1 Å². The summed E-state index contributed by atoms with van der Waals surface area (Å²) in [6.45, 7) is 5.18. The SMILES string of the molecule is CCn1c2c(c3ccccc31)C[N]CC2. The molecule has 2 aromatic rings. The maximum absolute atomic E-state index is 4.50. The van der Waals surface area contributed by atoms with Gasteiger partial charge in [0.25, 0.3) is 0 Å². The van der Waals surface area contributed by atoms with Crippen molar-refractivity contribution in [3.05, 3.63) is 35.5 Å². The van der Waals surface area contributed by atoms with Gasteiger partial charge >= 0.3 is 0 Å². The molecule has 0 N–H and O–H groups in total. The van der Waals surface area contributed by atoms with Crippen LogP contribution < -0.4 is 5.32 Å². The largest absolute Gasteiger partial charge is 0.344 e. The highest BCUT2D eigenvalue weighted by Gasteiger charge is 2.18. The highest BCUT2D eigenvalue weighted by atomic mass is 15.0. The maximum atomic E-state index is 4.50. The van der Waals surface area contributed by atoms with Gasteiger partial charge < -0.3 is 4.57 Å². The summed E-state index contributed by atoms with van der Waals surface area (Å²) in [5, 5.41) is 5.90. The topological polar surface area (TPSA) is 19.0 Å². The second-order valence-electron chi connectivity index (χ2n) is 4.04. The second-order valence-corrected chi connectivity index (χ2v) is 4.04. The molecule has 0 spiro atoms. The molecule has 3 rings (SSSR count).